The zero-order valence-corrected chi connectivity index (χ0v) is 14.8. The number of fused-ring (bicyclic) bond motifs is 1. The molecule has 1 aliphatic rings. The molecular formula is C18H17N3O7. The zero-order chi connectivity index (χ0) is 20.3. The van der Waals surface area contributed by atoms with Gasteiger partial charge in [-0.1, -0.05) is 0 Å². The molecule has 1 aliphatic heterocycles. The lowest BCUT2D eigenvalue weighted by atomic mass is 10.1. The number of anilines is 2. The predicted molar refractivity (Wildman–Crippen MR) is 98.4 cm³/mol. The van der Waals surface area contributed by atoms with Gasteiger partial charge in [0.05, 0.1) is 10.5 Å². The monoisotopic (exact) mass is 387 g/mol. The molecule has 3 N–H and O–H groups in total. The summed E-state index contributed by atoms with van der Waals surface area (Å²) in [5, 5.41) is 13.5. The van der Waals surface area contributed by atoms with Gasteiger partial charge in [0.1, 0.15) is 13.2 Å². The Labute approximate surface area is 159 Å². The Balaban J connectivity index is 1.66. The number of amides is 1. The van der Waals surface area contributed by atoms with Crippen LogP contribution in [0.2, 0.25) is 0 Å². The molecule has 0 saturated heterocycles. The van der Waals surface area contributed by atoms with E-state index in [9.17, 15) is 19.7 Å². The third-order valence-corrected chi connectivity index (χ3v) is 3.93. The van der Waals surface area contributed by atoms with Gasteiger partial charge in [0, 0.05) is 29.6 Å². The first-order chi connectivity index (χ1) is 13.3. The molecule has 3 rings (SSSR count). The van der Waals surface area contributed by atoms with Crippen LogP contribution in [0.1, 0.15) is 17.3 Å². The van der Waals surface area contributed by atoms with Crippen molar-refractivity contribution in [3.05, 3.63) is 52.1 Å². The Bertz CT molecular complexity index is 945. The maximum atomic E-state index is 12.3. The van der Waals surface area contributed by atoms with E-state index < -0.39 is 22.9 Å². The summed E-state index contributed by atoms with van der Waals surface area (Å²) in [6.45, 7) is 2.23. The molecule has 0 spiro atoms. The van der Waals surface area contributed by atoms with Crippen molar-refractivity contribution in [1.82, 2.24) is 0 Å². The van der Waals surface area contributed by atoms with Crippen LogP contribution >= 0.6 is 0 Å². The van der Waals surface area contributed by atoms with E-state index >= 15 is 0 Å². The lowest BCUT2D eigenvalue weighted by molar-refractivity contribution is -0.384. The number of benzene rings is 2. The van der Waals surface area contributed by atoms with Gasteiger partial charge in [0.2, 0.25) is 0 Å². The molecule has 0 fully saturated rings. The first kappa shape index (κ1) is 19.0. The highest BCUT2D eigenvalue weighted by Gasteiger charge is 2.23. The standard InChI is InChI=1S/C18H17N3O7/c1-10(28-18(23)13-9-12(21(24)25)3-4-14(13)19)17(22)20-11-2-5-15-16(8-11)27-7-6-26-15/h2-5,8-10H,6-7,19H2,1H3,(H,20,22). The summed E-state index contributed by atoms with van der Waals surface area (Å²) >= 11 is 0. The molecule has 0 radical (unpaired) electrons. The van der Waals surface area contributed by atoms with Crippen molar-refractivity contribution in [3.8, 4) is 11.5 Å². The number of nitrogen functional groups attached to an aromatic ring is 1. The zero-order valence-electron chi connectivity index (χ0n) is 14.8. The number of carbonyl (C=O) groups excluding carboxylic acids is 2. The largest absolute Gasteiger partial charge is 0.486 e. The van der Waals surface area contributed by atoms with Gasteiger partial charge >= 0.3 is 5.97 Å². The summed E-state index contributed by atoms with van der Waals surface area (Å²) in [6, 6.07) is 8.28. The Morgan fingerprint density at radius 3 is 2.61 bits per heavy atom. The molecule has 2 aromatic carbocycles. The fourth-order valence-corrected chi connectivity index (χ4v) is 2.48. The molecule has 0 aliphatic carbocycles. The van der Waals surface area contributed by atoms with E-state index in [1.165, 1.54) is 19.1 Å². The van der Waals surface area contributed by atoms with Crippen LogP contribution in [0.3, 0.4) is 0 Å². The molecule has 1 heterocycles. The summed E-state index contributed by atoms with van der Waals surface area (Å²) in [5.41, 5.74) is 5.63. The van der Waals surface area contributed by atoms with Gasteiger partial charge in [-0.25, -0.2) is 4.79 Å². The van der Waals surface area contributed by atoms with E-state index in [1.54, 1.807) is 18.2 Å². The molecule has 146 valence electrons. The quantitative estimate of drug-likeness (QED) is 0.344. The number of nitro benzene ring substituents is 1. The number of esters is 1. The van der Waals surface area contributed by atoms with Crippen molar-refractivity contribution in [1.29, 1.82) is 0 Å². The van der Waals surface area contributed by atoms with Crippen molar-refractivity contribution < 1.29 is 28.7 Å². The summed E-state index contributed by atoms with van der Waals surface area (Å²) in [7, 11) is 0. The Morgan fingerprint density at radius 1 is 1.18 bits per heavy atom. The van der Waals surface area contributed by atoms with Crippen LogP contribution in [0.15, 0.2) is 36.4 Å². The number of hydrogen-bond donors (Lipinski definition) is 2. The van der Waals surface area contributed by atoms with Gasteiger partial charge in [-0.3, -0.25) is 14.9 Å². The third-order valence-electron chi connectivity index (χ3n) is 3.93. The van der Waals surface area contributed by atoms with Crippen LogP contribution in [-0.4, -0.2) is 36.1 Å². The van der Waals surface area contributed by atoms with Crippen LogP contribution in [0, 0.1) is 10.1 Å². The minimum Gasteiger partial charge on any atom is -0.486 e. The van der Waals surface area contributed by atoms with Gasteiger partial charge in [0.25, 0.3) is 11.6 Å². The predicted octanol–water partition coefficient (Wildman–Crippen LogP) is 2.13. The van der Waals surface area contributed by atoms with Gasteiger partial charge in [-0.15, -0.1) is 0 Å². The van der Waals surface area contributed by atoms with Gasteiger partial charge < -0.3 is 25.3 Å². The molecule has 28 heavy (non-hydrogen) atoms. The maximum Gasteiger partial charge on any atom is 0.341 e. The summed E-state index contributed by atoms with van der Waals surface area (Å²) < 4.78 is 15.9. The second-order valence-electron chi connectivity index (χ2n) is 5.92. The topological polar surface area (TPSA) is 143 Å². The number of nitrogens with one attached hydrogen (secondary N) is 1. The lowest BCUT2D eigenvalue weighted by Gasteiger charge is -2.19. The number of hydrogen-bond acceptors (Lipinski definition) is 8. The number of nitrogens with zero attached hydrogens (tertiary/aromatic N) is 1. The molecule has 1 amide bonds. The fraction of sp³-hybridized carbons (Fsp3) is 0.222. The van der Waals surface area contributed by atoms with Crippen LogP contribution in [0.5, 0.6) is 11.5 Å². The molecule has 1 unspecified atom stereocenters. The van der Waals surface area contributed by atoms with E-state index in [-0.39, 0.29) is 16.9 Å². The maximum absolute atomic E-state index is 12.3. The van der Waals surface area contributed by atoms with Crippen molar-refractivity contribution in [2.75, 3.05) is 24.3 Å². The van der Waals surface area contributed by atoms with Gasteiger partial charge in [0.15, 0.2) is 17.6 Å². The first-order valence-electron chi connectivity index (χ1n) is 8.30. The van der Waals surface area contributed by atoms with Gasteiger partial charge in [-0.05, 0) is 25.1 Å². The molecule has 10 nitrogen and oxygen atoms in total. The highest BCUT2D eigenvalue weighted by atomic mass is 16.6. The first-order valence-corrected chi connectivity index (χ1v) is 8.30. The second-order valence-corrected chi connectivity index (χ2v) is 5.92. The Kier molecular flexibility index (Phi) is 5.30. The molecular weight excluding hydrogens is 370 g/mol. The van der Waals surface area contributed by atoms with Crippen LogP contribution in [-0.2, 0) is 9.53 Å². The van der Waals surface area contributed by atoms with E-state index in [0.29, 0.717) is 30.4 Å². The highest BCUT2D eigenvalue weighted by molar-refractivity contribution is 6.00. The van der Waals surface area contributed by atoms with E-state index in [1.807, 2.05) is 0 Å². The molecule has 0 bridgehead atoms. The normalized spacial score (nSPS) is 13.3. The van der Waals surface area contributed by atoms with Crippen molar-refractivity contribution in [2.24, 2.45) is 0 Å². The molecule has 2 aromatic rings. The van der Waals surface area contributed by atoms with Crippen LogP contribution in [0.25, 0.3) is 0 Å². The molecule has 1 atom stereocenters. The van der Waals surface area contributed by atoms with E-state index in [4.69, 9.17) is 19.9 Å². The molecule has 10 heteroatoms. The minimum atomic E-state index is -1.17. The van der Waals surface area contributed by atoms with E-state index in [2.05, 4.69) is 5.32 Å². The molecule has 0 aromatic heterocycles. The minimum absolute atomic E-state index is 0.00930. The van der Waals surface area contributed by atoms with Crippen LogP contribution < -0.4 is 20.5 Å². The highest BCUT2D eigenvalue weighted by Crippen LogP contribution is 2.32. The third kappa shape index (κ3) is 4.11. The Hall–Kier alpha value is -3.82. The number of nitro groups is 1. The SMILES string of the molecule is CC(OC(=O)c1cc([N+](=O)[O-])ccc1N)C(=O)Nc1ccc2c(c1)OCCO2. The number of non-ortho nitro benzene ring substituents is 1. The summed E-state index contributed by atoms with van der Waals surface area (Å²) in [5.74, 6) is -0.456. The second kappa shape index (κ2) is 7.82. The number of rotatable bonds is 5. The van der Waals surface area contributed by atoms with E-state index in [0.717, 1.165) is 6.07 Å². The number of nitrogens with two attached hydrogens (primary N) is 1. The van der Waals surface area contributed by atoms with Crippen LogP contribution in [0.4, 0.5) is 17.1 Å². The Morgan fingerprint density at radius 2 is 1.89 bits per heavy atom. The number of ether oxygens (including phenoxy) is 3. The van der Waals surface area contributed by atoms with Crippen molar-refractivity contribution in [3.63, 3.8) is 0 Å². The average molecular weight is 387 g/mol. The summed E-state index contributed by atoms with van der Waals surface area (Å²) in [6.07, 6.45) is -1.17. The fourth-order valence-electron chi connectivity index (χ4n) is 2.48. The average Bonchev–Trinajstić information content (AvgIpc) is 2.67. The summed E-state index contributed by atoms with van der Waals surface area (Å²) in [4.78, 5) is 34.8. The smallest absolute Gasteiger partial charge is 0.341 e. The van der Waals surface area contributed by atoms with Gasteiger partial charge in [-0.2, -0.15) is 0 Å². The van der Waals surface area contributed by atoms with Crippen molar-refractivity contribution >= 4 is 28.9 Å². The number of carbonyl (C=O) groups is 2. The lowest BCUT2D eigenvalue weighted by Crippen LogP contribution is -2.30. The van der Waals surface area contributed by atoms with Crippen molar-refractivity contribution in [2.45, 2.75) is 13.0 Å². The molecule has 0 saturated carbocycles.